The molecular weight excluding hydrogens is 188 g/mol. The minimum atomic E-state index is 0.432. The zero-order valence-corrected chi connectivity index (χ0v) is 8.42. The molecule has 0 aromatic carbocycles. The van der Waals surface area contributed by atoms with Gasteiger partial charge in [-0.1, -0.05) is 6.58 Å². The van der Waals surface area contributed by atoms with Gasteiger partial charge < -0.3 is 4.74 Å². The van der Waals surface area contributed by atoms with Gasteiger partial charge in [-0.25, -0.2) is 0 Å². The van der Waals surface area contributed by atoms with Crippen molar-refractivity contribution in [3.8, 4) is 5.75 Å². The van der Waals surface area contributed by atoms with E-state index in [1.165, 1.54) is 0 Å². The molecule has 0 saturated heterocycles. The van der Waals surface area contributed by atoms with E-state index in [-0.39, 0.29) is 0 Å². The summed E-state index contributed by atoms with van der Waals surface area (Å²) in [5.74, 6) is 1.19. The van der Waals surface area contributed by atoms with E-state index in [4.69, 9.17) is 16.3 Å². The van der Waals surface area contributed by atoms with E-state index in [0.29, 0.717) is 12.5 Å². The van der Waals surface area contributed by atoms with E-state index in [9.17, 15) is 0 Å². The van der Waals surface area contributed by atoms with Gasteiger partial charge in [0.2, 0.25) is 0 Å². The van der Waals surface area contributed by atoms with Crippen LogP contribution in [0.4, 0.5) is 0 Å². The Morgan fingerprint density at radius 1 is 1.77 bits per heavy atom. The first-order valence-corrected chi connectivity index (χ1v) is 4.67. The molecule has 13 heavy (non-hydrogen) atoms. The van der Waals surface area contributed by atoms with E-state index >= 15 is 0 Å². The van der Waals surface area contributed by atoms with Crippen LogP contribution in [-0.2, 0) is 6.54 Å². The summed E-state index contributed by atoms with van der Waals surface area (Å²) < 4.78 is 7.18. The number of halogens is 1. The van der Waals surface area contributed by atoms with E-state index in [0.717, 1.165) is 17.9 Å². The minimum absolute atomic E-state index is 0.432. The number of hydrogen-bond acceptors (Lipinski definition) is 2. The third-order valence-corrected chi connectivity index (χ3v) is 1.94. The SMILES string of the molecule is C=C(CCl)COc1cnn(CC)c1. The molecule has 0 aliphatic carbocycles. The Balaban J connectivity index is 2.41. The number of hydrogen-bond donors (Lipinski definition) is 0. The topological polar surface area (TPSA) is 27.1 Å². The summed E-state index contributed by atoms with van der Waals surface area (Å²) in [7, 11) is 0. The maximum Gasteiger partial charge on any atom is 0.157 e. The molecule has 0 aliphatic heterocycles. The van der Waals surface area contributed by atoms with Crippen molar-refractivity contribution in [1.82, 2.24) is 9.78 Å². The molecule has 0 atom stereocenters. The molecule has 0 fully saturated rings. The predicted octanol–water partition coefficient (Wildman–Crippen LogP) is 2.08. The van der Waals surface area contributed by atoms with Crippen molar-refractivity contribution in [3.63, 3.8) is 0 Å². The summed E-state index contributed by atoms with van der Waals surface area (Å²) in [4.78, 5) is 0. The predicted molar refractivity (Wildman–Crippen MR) is 53.3 cm³/mol. The van der Waals surface area contributed by atoms with Gasteiger partial charge in [-0.15, -0.1) is 11.6 Å². The van der Waals surface area contributed by atoms with Crippen LogP contribution in [0.25, 0.3) is 0 Å². The fraction of sp³-hybridized carbons (Fsp3) is 0.444. The first-order valence-electron chi connectivity index (χ1n) is 4.14. The Kier molecular flexibility index (Phi) is 3.83. The van der Waals surface area contributed by atoms with Crippen molar-refractivity contribution in [1.29, 1.82) is 0 Å². The van der Waals surface area contributed by atoms with Crippen molar-refractivity contribution in [2.24, 2.45) is 0 Å². The van der Waals surface area contributed by atoms with Crippen LogP contribution >= 0.6 is 11.6 Å². The summed E-state index contributed by atoms with van der Waals surface area (Å²) in [6, 6.07) is 0. The molecule has 0 saturated carbocycles. The van der Waals surface area contributed by atoms with Crippen LogP contribution in [0.1, 0.15) is 6.92 Å². The molecule has 0 N–H and O–H groups in total. The maximum absolute atomic E-state index is 5.55. The van der Waals surface area contributed by atoms with Gasteiger partial charge in [0, 0.05) is 12.4 Å². The second kappa shape index (κ2) is 4.92. The Labute approximate surface area is 83.0 Å². The average molecular weight is 201 g/mol. The molecule has 0 bridgehead atoms. The Morgan fingerprint density at radius 2 is 2.54 bits per heavy atom. The van der Waals surface area contributed by atoms with Crippen molar-refractivity contribution >= 4 is 11.6 Å². The summed E-state index contributed by atoms with van der Waals surface area (Å²) in [5.41, 5.74) is 0.867. The summed E-state index contributed by atoms with van der Waals surface area (Å²) in [6.45, 7) is 7.06. The second-order valence-corrected chi connectivity index (χ2v) is 2.97. The molecule has 0 unspecified atom stereocenters. The molecule has 4 heteroatoms. The Bertz CT molecular complexity index is 283. The maximum atomic E-state index is 5.55. The summed E-state index contributed by atoms with van der Waals surface area (Å²) in [5, 5.41) is 4.07. The first-order chi connectivity index (χ1) is 6.26. The van der Waals surface area contributed by atoms with Crippen LogP contribution in [0.2, 0.25) is 0 Å². The second-order valence-electron chi connectivity index (χ2n) is 2.70. The van der Waals surface area contributed by atoms with Gasteiger partial charge >= 0.3 is 0 Å². The zero-order valence-electron chi connectivity index (χ0n) is 7.66. The monoisotopic (exact) mass is 200 g/mol. The third-order valence-electron chi connectivity index (χ3n) is 1.57. The number of nitrogens with zero attached hydrogens (tertiary/aromatic N) is 2. The molecule has 3 nitrogen and oxygen atoms in total. The highest BCUT2D eigenvalue weighted by atomic mass is 35.5. The normalized spacial score (nSPS) is 10.0. The van der Waals surface area contributed by atoms with Crippen LogP contribution in [0.15, 0.2) is 24.5 Å². The highest BCUT2D eigenvalue weighted by molar-refractivity contribution is 6.19. The third kappa shape index (κ3) is 3.11. The van der Waals surface area contributed by atoms with Gasteiger partial charge in [0.05, 0.1) is 12.4 Å². The van der Waals surface area contributed by atoms with Crippen molar-refractivity contribution in [2.45, 2.75) is 13.5 Å². The molecule has 1 aromatic rings. The molecule has 72 valence electrons. The number of aryl methyl sites for hydroxylation is 1. The minimum Gasteiger partial charge on any atom is -0.486 e. The molecule has 0 amide bonds. The smallest absolute Gasteiger partial charge is 0.157 e. The van der Waals surface area contributed by atoms with Crippen LogP contribution in [-0.4, -0.2) is 22.3 Å². The number of aromatic nitrogens is 2. The quantitative estimate of drug-likeness (QED) is 0.538. The first kappa shape index (κ1) is 10.1. The van der Waals surface area contributed by atoms with E-state index in [2.05, 4.69) is 11.7 Å². The van der Waals surface area contributed by atoms with Gasteiger partial charge in [0.1, 0.15) is 6.61 Å². The highest BCUT2D eigenvalue weighted by Crippen LogP contribution is 2.09. The fourth-order valence-corrected chi connectivity index (χ4v) is 0.893. The van der Waals surface area contributed by atoms with Crippen molar-refractivity contribution in [2.75, 3.05) is 12.5 Å². The molecular formula is C9H13ClN2O. The summed E-state index contributed by atoms with van der Waals surface area (Å²) >= 11 is 5.55. The van der Waals surface area contributed by atoms with Crippen LogP contribution in [0, 0.1) is 0 Å². The summed E-state index contributed by atoms with van der Waals surface area (Å²) in [6.07, 6.45) is 3.53. The van der Waals surface area contributed by atoms with Gasteiger partial charge in [-0.3, -0.25) is 4.68 Å². The molecule has 1 aromatic heterocycles. The standard InChI is InChI=1S/C9H13ClN2O/c1-3-12-6-9(5-11-12)13-7-8(2)4-10/h5-6H,2-4,7H2,1H3. The van der Waals surface area contributed by atoms with E-state index in [1.54, 1.807) is 10.9 Å². The van der Waals surface area contributed by atoms with Gasteiger partial charge in [0.15, 0.2) is 5.75 Å². The molecule has 0 aliphatic rings. The number of rotatable bonds is 5. The fourth-order valence-electron chi connectivity index (χ4n) is 0.816. The Morgan fingerprint density at radius 3 is 3.08 bits per heavy atom. The average Bonchev–Trinajstić information content (AvgIpc) is 2.61. The van der Waals surface area contributed by atoms with Crippen molar-refractivity contribution < 1.29 is 4.74 Å². The van der Waals surface area contributed by atoms with E-state index in [1.807, 2.05) is 13.1 Å². The Hall–Kier alpha value is -0.960. The van der Waals surface area contributed by atoms with Gasteiger partial charge in [-0.05, 0) is 12.5 Å². The largest absolute Gasteiger partial charge is 0.486 e. The lowest BCUT2D eigenvalue weighted by Gasteiger charge is -2.02. The zero-order chi connectivity index (χ0) is 9.68. The number of ether oxygens (including phenoxy) is 1. The van der Waals surface area contributed by atoms with Crippen LogP contribution < -0.4 is 4.74 Å². The van der Waals surface area contributed by atoms with Crippen molar-refractivity contribution in [3.05, 3.63) is 24.5 Å². The molecule has 1 rings (SSSR count). The molecule has 0 spiro atoms. The van der Waals surface area contributed by atoms with E-state index < -0.39 is 0 Å². The van der Waals surface area contributed by atoms with Gasteiger partial charge in [0.25, 0.3) is 0 Å². The lowest BCUT2D eigenvalue weighted by Crippen LogP contribution is -2.00. The van der Waals surface area contributed by atoms with Crippen LogP contribution in [0.3, 0.4) is 0 Å². The van der Waals surface area contributed by atoms with Gasteiger partial charge in [-0.2, -0.15) is 5.10 Å². The highest BCUT2D eigenvalue weighted by Gasteiger charge is 1.98. The lowest BCUT2D eigenvalue weighted by molar-refractivity contribution is 0.352. The molecule has 0 radical (unpaired) electrons. The molecule has 1 heterocycles. The van der Waals surface area contributed by atoms with Crippen LogP contribution in [0.5, 0.6) is 5.75 Å². The lowest BCUT2D eigenvalue weighted by atomic mass is 10.4. The number of alkyl halides is 1.